The smallest absolute Gasteiger partial charge is 0.290 e. The second-order valence-corrected chi connectivity index (χ2v) is 16.5. The predicted octanol–water partition coefficient (Wildman–Crippen LogP) is 5.50. The Bertz CT molecular complexity index is 1560. The van der Waals surface area contributed by atoms with Crippen LogP contribution in [0.5, 0.6) is 11.5 Å². The largest absolute Gasteiger partial charge is 0.496 e. The first-order chi connectivity index (χ1) is 24.7. The summed E-state index contributed by atoms with van der Waals surface area (Å²) in [7, 11) is 3.04. The van der Waals surface area contributed by atoms with Crippen molar-refractivity contribution >= 4 is 46.6 Å². The number of nitrogens with zero attached hydrogens (tertiary/aromatic N) is 3. The third kappa shape index (κ3) is 8.75. The molecule has 2 saturated heterocycles. The summed E-state index contributed by atoms with van der Waals surface area (Å²) in [5.41, 5.74) is -0.611. The van der Waals surface area contributed by atoms with E-state index < -0.39 is 46.6 Å². The van der Waals surface area contributed by atoms with Gasteiger partial charge in [0.25, 0.3) is 5.91 Å². The zero-order valence-electron chi connectivity index (χ0n) is 31.6. The monoisotopic (exact) mass is 742 g/mol. The van der Waals surface area contributed by atoms with Crippen LogP contribution in [0.1, 0.15) is 110 Å². The Morgan fingerprint density at radius 1 is 1.04 bits per heavy atom. The van der Waals surface area contributed by atoms with Gasteiger partial charge in [0.1, 0.15) is 17.5 Å². The van der Waals surface area contributed by atoms with E-state index in [1.165, 1.54) is 30.4 Å². The first-order valence-corrected chi connectivity index (χ1v) is 19.2. The molecule has 1 saturated carbocycles. The molecule has 1 aliphatic carbocycles. The number of ether oxygens (including phenoxy) is 2. The summed E-state index contributed by atoms with van der Waals surface area (Å²) in [6, 6.07) is 1.47. The molecule has 286 valence electrons. The molecule has 0 bridgehead atoms. The van der Waals surface area contributed by atoms with Crippen molar-refractivity contribution in [1.82, 2.24) is 15.1 Å². The molecule has 3 amide bonds. The third-order valence-electron chi connectivity index (χ3n) is 11.1. The van der Waals surface area contributed by atoms with Crippen molar-refractivity contribution in [3.63, 3.8) is 0 Å². The van der Waals surface area contributed by atoms with Gasteiger partial charge in [-0.3, -0.25) is 24.0 Å². The van der Waals surface area contributed by atoms with Crippen molar-refractivity contribution in [1.29, 1.82) is 0 Å². The van der Waals surface area contributed by atoms with E-state index in [9.17, 15) is 24.0 Å². The number of benzene rings is 1. The number of Topliss-reactive ketones (excluding diaryl/α,β-unsaturated/α-hetero) is 2. The van der Waals surface area contributed by atoms with E-state index in [0.717, 1.165) is 32.1 Å². The Balaban J connectivity index is 1.42. The minimum atomic E-state index is -1.06. The van der Waals surface area contributed by atoms with E-state index in [1.807, 2.05) is 27.7 Å². The van der Waals surface area contributed by atoms with E-state index in [0.29, 0.717) is 60.1 Å². The van der Waals surface area contributed by atoms with Crippen molar-refractivity contribution in [3.05, 3.63) is 22.7 Å². The van der Waals surface area contributed by atoms with E-state index in [1.54, 1.807) is 12.1 Å². The first kappa shape index (κ1) is 39.5. The molecule has 5 rings (SSSR count). The lowest BCUT2D eigenvalue weighted by atomic mass is 9.84. The van der Waals surface area contributed by atoms with Crippen LogP contribution in [-0.2, 0) is 28.8 Å². The number of hydrogen-bond donors (Lipinski definition) is 1. The predicted molar refractivity (Wildman–Crippen MR) is 196 cm³/mol. The summed E-state index contributed by atoms with van der Waals surface area (Å²) in [6.07, 6.45) is 7.74. The van der Waals surface area contributed by atoms with Gasteiger partial charge in [-0.2, -0.15) is 0 Å². The molecule has 3 aliphatic heterocycles. The van der Waals surface area contributed by atoms with E-state index in [4.69, 9.17) is 25.9 Å². The number of oxime groups is 1. The van der Waals surface area contributed by atoms with E-state index in [2.05, 4.69) is 10.5 Å². The second-order valence-electron chi connectivity index (χ2n) is 16.1. The number of halogens is 1. The van der Waals surface area contributed by atoms with Gasteiger partial charge in [0.15, 0.2) is 11.4 Å². The molecular formula is C39H55ClN4O8. The zero-order valence-corrected chi connectivity index (χ0v) is 32.3. The number of carbonyl (C=O) groups is 5. The Kier molecular flexibility index (Phi) is 12.6. The van der Waals surface area contributed by atoms with E-state index in [-0.39, 0.29) is 43.4 Å². The van der Waals surface area contributed by atoms with E-state index >= 15 is 0 Å². The van der Waals surface area contributed by atoms with Crippen LogP contribution < -0.4 is 14.8 Å². The number of ketones is 2. The topological polar surface area (TPSA) is 144 Å². The van der Waals surface area contributed by atoms with Gasteiger partial charge in [-0.1, -0.05) is 70.1 Å². The fourth-order valence-corrected chi connectivity index (χ4v) is 8.24. The maximum Gasteiger partial charge on any atom is 0.290 e. The fourth-order valence-electron chi connectivity index (χ4n) is 8.00. The summed E-state index contributed by atoms with van der Waals surface area (Å²) >= 11 is 6.49. The summed E-state index contributed by atoms with van der Waals surface area (Å²) in [4.78, 5) is 78.1. The van der Waals surface area contributed by atoms with Crippen molar-refractivity contribution in [2.45, 2.75) is 122 Å². The minimum Gasteiger partial charge on any atom is -0.496 e. The summed E-state index contributed by atoms with van der Waals surface area (Å²) < 4.78 is 11.0. The fraction of sp³-hybridized carbons (Fsp3) is 0.692. The Hall–Kier alpha value is -3.67. The highest BCUT2D eigenvalue weighted by atomic mass is 35.5. The van der Waals surface area contributed by atoms with Gasteiger partial charge in [-0.25, -0.2) is 0 Å². The number of methoxy groups -OCH3 is 2. The highest BCUT2D eigenvalue weighted by molar-refractivity contribution is 6.37. The summed E-state index contributed by atoms with van der Waals surface area (Å²) in [5.74, 6) is -1.61. The van der Waals surface area contributed by atoms with Gasteiger partial charge in [-0.15, -0.1) is 0 Å². The number of hydrogen-bond acceptors (Lipinski definition) is 9. The molecule has 0 radical (unpaired) electrons. The molecule has 1 aromatic rings. The van der Waals surface area contributed by atoms with Gasteiger partial charge in [0, 0.05) is 56.3 Å². The Morgan fingerprint density at radius 3 is 2.33 bits per heavy atom. The van der Waals surface area contributed by atoms with Crippen LogP contribution in [0.15, 0.2) is 17.3 Å². The number of carbonyl (C=O) groups excluding carboxylic acids is 5. The van der Waals surface area contributed by atoms with Gasteiger partial charge in [0.2, 0.25) is 17.6 Å². The Labute approximate surface area is 312 Å². The molecule has 1 N–H and O–H groups in total. The highest BCUT2D eigenvalue weighted by Crippen LogP contribution is 2.43. The second kappa shape index (κ2) is 16.6. The van der Waals surface area contributed by atoms with Gasteiger partial charge in [0.05, 0.1) is 37.5 Å². The average Bonchev–Trinajstić information content (AvgIpc) is 3.68. The third-order valence-corrected chi connectivity index (χ3v) is 11.4. The van der Waals surface area contributed by atoms with Gasteiger partial charge in [-0.05, 0) is 43.1 Å². The number of likely N-dealkylation sites (tertiary alicyclic amines) is 2. The molecule has 3 fully saturated rings. The average molecular weight is 743 g/mol. The molecule has 0 unspecified atom stereocenters. The van der Waals surface area contributed by atoms with Crippen LogP contribution in [-0.4, -0.2) is 96.3 Å². The molecule has 4 aliphatic rings. The molecule has 52 heavy (non-hydrogen) atoms. The molecule has 4 atom stereocenters. The quantitative estimate of drug-likeness (QED) is 0.246. The van der Waals surface area contributed by atoms with Crippen molar-refractivity contribution < 1.29 is 38.3 Å². The standard InChI is InChI=1S/C39H55ClN4O8/c1-7-12-25(34(47)36(48)43-15-11-16-43)18-30(45)29-22-39(21-28(42-52-39)26-19-27(40)32(51-6)20-31(26)50-5)23-44(29)37(49)35(38(2,3)4)41-33(46)17-24-13-9-8-10-14-24/h19-20,24-25,29,35H,7-18,21-23H2,1-6H3,(H,41,46)/t25-,29+,35-,39-/m1/s1. The minimum absolute atomic E-state index is 0.0334. The molecule has 13 heteroatoms. The lowest BCUT2D eigenvalue weighted by Gasteiger charge is -2.36. The summed E-state index contributed by atoms with van der Waals surface area (Å²) in [5, 5.41) is 7.84. The molecule has 12 nitrogen and oxygen atoms in total. The Morgan fingerprint density at radius 2 is 1.73 bits per heavy atom. The lowest BCUT2D eigenvalue weighted by Crippen LogP contribution is -2.57. The van der Waals surface area contributed by atoms with Crippen LogP contribution in [0.4, 0.5) is 0 Å². The van der Waals surface area contributed by atoms with Gasteiger partial charge >= 0.3 is 0 Å². The SMILES string of the molecule is CCC[C@H](CC(=O)[C@@H]1C[C@]2(CC(c3cc(Cl)c(OC)cc3OC)=NO2)CN1C(=O)[C@@H](NC(=O)CC1CCCCC1)C(C)(C)C)C(=O)C(=O)N1CCC1. The maximum atomic E-state index is 14.7. The number of rotatable bonds is 14. The van der Waals surface area contributed by atoms with Crippen LogP contribution in [0, 0.1) is 17.3 Å². The number of nitrogens with one attached hydrogen (secondary N) is 1. The number of amides is 3. The molecular weight excluding hydrogens is 688 g/mol. The van der Waals surface area contributed by atoms with Crippen LogP contribution in [0.25, 0.3) is 0 Å². The van der Waals surface area contributed by atoms with Crippen molar-refractivity contribution in [2.75, 3.05) is 33.9 Å². The molecule has 1 aromatic carbocycles. The maximum absolute atomic E-state index is 14.7. The van der Waals surface area contributed by atoms with Crippen molar-refractivity contribution in [2.24, 2.45) is 22.4 Å². The zero-order chi connectivity index (χ0) is 37.8. The molecule has 1 spiro atoms. The van der Waals surface area contributed by atoms with Crippen LogP contribution in [0.3, 0.4) is 0 Å². The highest BCUT2D eigenvalue weighted by Gasteiger charge is 2.55. The van der Waals surface area contributed by atoms with Gasteiger partial charge < -0.3 is 29.4 Å². The first-order valence-electron chi connectivity index (χ1n) is 18.8. The van der Waals surface area contributed by atoms with Crippen LogP contribution in [0.2, 0.25) is 5.02 Å². The van der Waals surface area contributed by atoms with Crippen molar-refractivity contribution in [3.8, 4) is 11.5 Å². The normalized spacial score (nSPS) is 23.0. The summed E-state index contributed by atoms with van der Waals surface area (Å²) in [6.45, 7) is 8.70. The lowest BCUT2D eigenvalue weighted by molar-refractivity contribution is -0.150. The molecule has 3 heterocycles. The molecule has 0 aromatic heterocycles. The van der Waals surface area contributed by atoms with Crippen LogP contribution >= 0.6 is 11.6 Å².